The van der Waals surface area contributed by atoms with E-state index in [1.807, 2.05) is 0 Å². The number of halogens is 1. The van der Waals surface area contributed by atoms with Gasteiger partial charge in [0.25, 0.3) is 5.91 Å². The molecule has 0 radical (unpaired) electrons. The van der Waals surface area contributed by atoms with Crippen LogP contribution in [0.25, 0.3) is 0 Å². The van der Waals surface area contributed by atoms with Crippen molar-refractivity contribution in [3.8, 4) is 0 Å². The maximum Gasteiger partial charge on any atom is 0.305 e. The van der Waals surface area contributed by atoms with Crippen LogP contribution in [0.3, 0.4) is 0 Å². The van der Waals surface area contributed by atoms with E-state index < -0.39 is 5.60 Å². The van der Waals surface area contributed by atoms with E-state index in [2.05, 4.69) is 15.4 Å². The second kappa shape index (κ2) is 10.8. The molecule has 1 heterocycles. The minimum atomic E-state index is -0.669. The van der Waals surface area contributed by atoms with E-state index in [9.17, 15) is 9.59 Å². The average Bonchev–Trinajstić information content (AvgIpc) is 2.50. The molecule has 1 saturated heterocycles. The molecule has 0 aromatic carbocycles. The van der Waals surface area contributed by atoms with Gasteiger partial charge in [0.15, 0.2) is 0 Å². The van der Waals surface area contributed by atoms with Gasteiger partial charge in [0.1, 0.15) is 5.60 Å². The lowest BCUT2D eigenvalue weighted by atomic mass is 9.91. The number of esters is 1. The lowest BCUT2D eigenvalue weighted by Gasteiger charge is -2.34. The molecule has 7 heteroatoms. The molecule has 0 saturated carbocycles. The second-order valence-corrected chi connectivity index (χ2v) is 5.09. The van der Waals surface area contributed by atoms with Crippen LogP contribution in [-0.4, -0.2) is 51.3 Å². The molecule has 1 aliphatic heterocycles. The van der Waals surface area contributed by atoms with E-state index >= 15 is 0 Å². The largest absolute Gasteiger partial charge is 0.469 e. The van der Waals surface area contributed by atoms with Crippen molar-refractivity contribution < 1.29 is 19.1 Å². The number of rotatable bonds is 8. The third kappa shape index (κ3) is 6.63. The van der Waals surface area contributed by atoms with Crippen molar-refractivity contribution in [2.24, 2.45) is 0 Å². The van der Waals surface area contributed by atoms with Crippen molar-refractivity contribution in [2.75, 3.05) is 33.9 Å². The Hall–Kier alpha value is -0.850. The zero-order chi connectivity index (χ0) is 14.8. The molecule has 1 fully saturated rings. The highest BCUT2D eigenvalue weighted by Crippen LogP contribution is 2.22. The average molecular weight is 323 g/mol. The molecule has 1 amide bonds. The van der Waals surface area contributed by atoms with Crippen molar-refractivity contribution >= 4 is 24.3 Å². The standard InChI is InChI=1S/C14H26N2O4.ClH/c1-19-12(17)6-4-3-5-9-16-13(18)14(20-2)7-10-15-11-8-14;/h15H,3-11H2,1-2H3,(H,16,18);1H. The predicted molar refractivity (Wildman–Crippen MR) is 82.6 cm³/mol. The number of unbranched alkanes of at least 4 members (excludes halogenated alkanes) is 2. The normalized spacial score (nSPS) is 16.7. The first-order valence-corrected chi connectivity index (χ1v) is 7.25. The number of carbonyl (C=O) groups excluding carboxylic acids is 2. The van der Waals surface area contributed by atoms with Gasteiger partial charge < -0.3 is 20.1 Å². The van der Waals surface area contributed by atoms with Crippen LogP contribution >= 0.6 is 12.4 Å². The molecule has 2 N–H and O–H groups in total. The molecule has 0 aromatic rings. The smallest absolute Gasteiger partial charge is 0.305 e. The number of methoxy groups -OCH3 is 2. The van der Waals surface area contributed by atoms with Crippen molar-refractivity contribution in [2.45, 2.75) is 44.1 Å². The highest BCUT2D eigenvalue weighted by atomic mass is 35.5. The molecule has 0 aromatic heterocycles. The third-order valence-electron chi connectivity index (χ3n) is 3.79. The molecule has 0 unspecified atom stereocenters. The summed E-state index contributed by atoms with van der Waals surface area (Å²) in [6.45, 7) is 2.24. The summed E-state index contributed by atoms with van der Waals surface area (Å²) in [6.07, 6.45) is 4.41. The summed E-state index contributed by atoms with van der Waals surface area (Å²) in [7, 11) is 2.99. The number of amides is 1. The Morgan fingerprint density at radius 2 is 1.81 bits per heavy atom. The van der Waals surface area contributed by atoms with E-state index in [1.54, 1.807) is 7.11 Å². The quantitative estimate of drug-likeness (QED) is 0.515. The summed E-state index contributed by atoms with van der Waals surface area (Å²) in [5.41, 5.74) is -0.669. The molecule has 0 atom stereocenters. The van der Waals surface area contributed by atoms with Crippen molar-refractivity contribution in [3.63, 3.8) is 0 Å². The first-order chi connectivity index (χ1) is 9.64. The van der Waals surface area contributed by atoms with Crippen LogP contribution in [-0.2, 0) is 19.1 Å². The minimum absolute atomic E-state index is 0. The monoisotopic (exact) mass is 322 g/mol. The molecule has 1 rings (SSSR count). The lowest BCUT2D eigenvalue weighted by molar-refractivity contribution is -0.146. The van der Waals surface area contributed by atoms with Crippen LogP contribution in [0.5, 0.6) is 0 Å². The number of hydrogen-bond donors (Lipinski definition) is 2. The van der Waals surface area contributed by atoms with E-state index in [4.69, 9.17) is 4.74 Å². The van der Waals surface area contributed by atoms with Crippen molar-refractivity contribution in [3.05, 3.63) is 0 Å². The van der Waals surface area contributed by atoms with Crippen LogP contribution in [0, 0.1) is 0 Å². The van der Waals surface area contributed by atoms with Gasteiger partial charge in [-0.25, -0.2) is 0 Å². The van der Waals surface area contributed by atoms with Gasteiger partial charge in [0.2, 0.25) is 0 Å². The van der Waals surface area contributed by atoms with Gasteiger partial charge in [0.05, 0.1) is 7.11 Å². The number of piperidine rings is 1. The summed E-state index contributed by atoms with van der Waals surface area (Å²) < 4.78 is 10.0. The number of nitrogens with one attached hydrogen (secondary N) is 2. The Kier molecular flexibility index (Phi) is 10.4. The molecule has 1 aliphatic rings. The highest BCUT2D eigenvalue weighted by Gasteiger charge is 2.39. The van der Waals surface area contributed by atoms with Crippen molar-refractivity contribution in [1.82, 2.24) is 10.6 Å². The molecule has 124 valence electrons. The fourth-order valence-corrected chi connectivity index (χ4v) is 2.39. The number of ether oxygens (including phenoxy) is 2. The molecule has 0 aliphatic carbocycles. The summed E-state index contributed by atoms with van der Waals surface area (Å²) in [6, 6.07) is 0. The third-order valence-corrected chi connectivity index (χ3v) is 3.79. The summed E-state index contributed by atoms with van der Waals surface area (Å²) in [5, 5.41) is 6.16. The topological polar surface area (TPSA) is 76.7 Å². The fourth-order valence-electron chi connectivity index (χ4n) is 2.39. The van der Waals surface area contributed by atoms with Crippen LogP contribution < -0.4 is 10.6 Å². The van der Waals surface area contributed by atoms with Gasteiger partial charge >= 0.3 is 5.97 Å². The Morgan fingerprint density at radius 3 is 2.38 bits per heavy atom. The van der Waals surface area contributed by atoms with E-state index in [0.29, 0.717) is 25.8 Å². The van der Waals surface area contributed by atoms with E-state index in [1.165, 1.54) is 7.11 Å². The van der Waals surface area contributed by atoms with Gasteiger partial charge in [-0.05, 0) is 38.8 Å². The Labute approximate surface area is 132 Å². The van der Waals surface area contributed by atoms with Crippen LogP contribution in [0.1, 0.15) is 38.5 Å². The SMILES string of the molecule is COC(=O)CCCCCNC(=O)C1(OC)CCNCC1.Cl. The van der Waals surface area contributed by atoms with Crippen LogP contribution in [0.2, 0.25) is 0 Å². The fraction of sp³-hybridized carbons (Fsp3) is 0.857. The Bertz CT molecular complexity index is 320. The minimum Gasteiger partial charge on any atom is -0.469 e. The lowest BCUT2D eigenvalue weighted by Crippen LogP contribution is -2.54. The Morgan fingerprint density at radius 1 is 1.14 bits per heavy atom. The maximum atomic E-state index is 12.2. The van der Waals surface area contributed by atoms with Gasteiger partial charge in [-0.2, -0.15) is 0 Å². The summed E-state index contributed by atoms with van der Waals surface area (Å²) in [4.78, 5) is 23.1. The predicted octanol–water partition coefficient (Wildman–Crippen LogP) is 1.03. The van der Waals surface area contributed by atoms with Gasteiger partial charge in [-0.1, -0.05) is 6.42 Å². The molecule has 0 bridgehead atoms. The zero-order valence-corrected chi connectivity index (χ0v) is 13.7. The molecule has 21 heavy (non-hydrogen) atoms. The maximum absolute atomic E-state index is 12.2. The second-order valence-electron chi connectivity index (χ2n) is 5.09. The van der Waals surface area contributed by atoms with Crippen LogP contribution in [0.4, 0.5) is 0 Å². The number of hydrogen-bond acceptors (Lipinski definition) is 5. The first-order valence-electron chi connectivity index (χ1n) is 7.25. The molecule has 6 nitrogen and oxygen atoms in total. The summed E-state index contributed by atoms with van der Waals surface area (Å²) >= 11 is 0. The molecular weight excluding hydrogens is 296 g/mol. The molecule has 0 spiro atoms. The zero-order valence-electron chi connectivity index (χ0n) is 12.9. The first kappa shape index (κ1) is 20.1. The van der Waals surface area contributed by atoms with E-state index in [-0.39, 0.29) is 24.3 Å². The highest BCUT2D eigenvalue weighted by molar-refractivity contribution is 5.85. The van der Waals surface area contributed by atoms with Crippen molar-refractivity contribution in [1.29, 1.82) is 0 Å². The van der Waals surface area contributed by atoms with E-state index in [0.717, 1.165) is 32.4 Å². The number of carbonyl (C=O) groups is 2. The Balaban J connectivity index is 0.00000400. The van der Waals surface area contributed by atoms with Gasteiger partial charge in [-0.15, -0.1) is 12.4 Å². The van der Waals surface area contributed by atoms with Crippen LogP contribution in [0.15, 0.2) is 0 Å². The van der Waals surface area contributed by atoms with Gasteiger partial charge in [0, 0.05) is 20.1 Å². The molecular formula is C14H27ClN2O4. The van der Waals surface area contributed by atoms with Gasteiger partial charge in [-0.3, -0.25) is 9.59 Å². The summed E-state index contributed by atoms with van der Waals surface area (Å²) in [5.74, 6) is -0.198.